The van der Waals surface area contributed by atoms with Gasteiger partial charge in [-0.1, -0.05) is 42.8 Å². The van der Waals surface area contributed by atoms with Gasteiger partial charge in [0.05, 0.1) is 11.3 Å². The number of hydrogen-bond acceptors (Lipinski definition) is 4. The first-order valence-electron chi connectivity index (χ1n) is 9.87. The number of carbonyl (C=O) groups is 2. The van der Waals surface area contributed by atoms with Crippen LogP contribution in [-0.4, -0.2) is 22.9 Å². The summed E-state index contributed by atoms with van der Waals surface area (Å²) in [4.78, 5) is 29.5. The van der Waals surface area contributed by atoms with Gasteiger partial charge in [0.1, 0.15) is 5.75 Å². The fourth-order valence-corrected chi connectivity index (χ4v) is 2.89. The van der Waals surface area contributed by atoms with Gasteiger partial charge in [-0.25, -0.2) is 0 Å². The third kappa shape index (κ3) is 5.67. The normalized spacial score (nSPS) is 11.4. The number of ether oxygens (including phenoxy) is 1. The van der Waals surface area contributed by atoms with Crippen LogP contribution in [0.5, 0.6) is 5.75 Å². The van der Waals surface area contributed by atoms with E-state index in [-0.39, 0.29) is 11.8 Å². The molecule has 2 amide bonds. The fraction of sp³-hybridized carbons (Fsp3) is 0.208. The molecule has 3 rings (SSSR count). The number of rotatable bonds is 8. The highest BCUT2D eigenvalue weighted by Crippen LogP contribution is 2.19. The number of aryl methyl sites for hydroxylation is 1. The number of benzene rings is 2. The van der Waals surface area contributed by atoms with Gasteiger partial charge >= 0.3 is 0 Å². The molecule has 154 valence electrons. The van der Waals surface area contributed by atoms with Gasteiger partial charge in [0.25, 0.3) is 11.8 Å². The number of aromatic nitrogens is 1. The molecule has 0 radical (unpaired) electrons. The SMILES string of the molecule is CC[C@@H](Oc1ccc(C)cc1)C(=O)Nc1ccccc1C(=O)NCc1cccnc1. The maximum Gasteiger partial charge on any atom is 0.265 e. The van der Waals surface area contributed by atoms with E-state index in [1.165, 1.54) is 0 Å². The van der Waals surface area contributed by atoms with Crippen molar-refractivity contribution in [3.05, 3.63) is 89.7 Å². The van der Waals surface area contributed by atoms with Crippen LogP contribution in [0.25, 0.3) is 0 Å². The highest BCUT2D eigenvalue weighted by molar-refractivity contribution is 6.04. The predicted molar refractivity (Wildman–Crippen MR) is 116 cm³/mol. The third-order valence-electron chi connectivity index (χ3n) is 4.57. The van der Waals surface area contributed by atoms with E-state index in [2.05, 4.69) is 15.6 Å². The van der Waals surface area contributed by atoms with E-state index in [4.69, 9.17) is 4.74 Å². The maximum atomic E-state index is 12.8. The average molecular weight is 403 g/mol. The molecule has 1 heterocycles. The highest BCUT2D eigenvalue weighted by atomic mass is 16.5. The van der Waals surface area contributed by atoms with Gasteiger partial charge in [-0.2, -0.15) is 0 Å². The molecule has 6 nitrogen and oxygen atoms in total. The molecule has 0 saturated heterocycles. The van der Waals surface area contributed by atoms with Crippen molar-refractivity contribution in [1.82, 2.24) is 10.3 Å². The Hall–Kier alpha value is -3.67. The largest absolute Gasteiger partial charge is 0.481 e. The second kappa shape index (κ2) is 10.2. The van der Waals surface area contributed by atoms with Crippen molar-refractivity contribution in [2.24, 2.45) is 0 Å². The first kappa shape index (κ1) is 21.0. The zero-order chi connectivity index (χ0) is 21.3. The van der Waals surface area contributed by atoms with E-state index in [9.17, 15) is 9.59 Å². The lowest BCUT2D eigenvalue weighted by molar-refractivity contribution is -0.122. The molecular weight excluding hydrogens is 378 g/mol. The molecule has 0 spiro atoms. The summed E-state index contributed by atoms with van der Waals surface area (Å²) in [5.74, 6) is 0.0536. The monoisotopic (exact) mass is 403 g/mol. The fourth-order valence-electron chi connectivity index (χ4n) is 2.89. The topological polar surface area (TPSA) is 80.3 Å². The van der Waals surface area contributed by atoms with Crippen molar-refractivity contribution in [3.8, 4) is 5.75 Å². The molecule has 1 atom stereocenters. The molecule has 0 bridgehead atoms. The zero-order valence-electron chi connectivity index (χ0n) is 17.1. The molecule has 2 N–H and O–H groups in total. The third-order valence-corrected chi connectivity index (χ3v) is 4.57. The van der Waals surface area contributed by atoms with E-state index in [1.807, 2.05) is 50.2 Å². The van der Waals surface area contributed by atoms with Crippen LogP contribution in [0.3, 0.4) is 0 Å². The van der Waals surface area contributed by atoms with Crippen molar-refractivity contribution in [3.63, 3.8) is 0 Å². The minimum Gasteiger partial charge on any atom is -0.481 e. The first-order valence-corrected chi connectivity index (χ1v) is 9.87. The van der Waals surface area contributed by atoms with Crippen LogP contribution in [0.15, 0.2) is 73.1 Å². The summed E-state index contributed by atoms with van der Waals surface area (Å²) < 4.78 is 5.84. The molecule has 0 saturated carbocycles. The van der Waals surface area contributed by atoms with E-state index in [0.29, 0.717) is 30.0 Å². The van der Waals surface area contributed by atoms with E-state index in [0.717, 1.165) is 11.1 Å². The van der Waals surface area contributed by atoms with Crippen molar-refractivity contribution >= 4 is 17.5 Å². The van der Waals surface area contributed by atoms with Crippen molar-refractivity contribution in [1.29, 1.82) is 0 Å². The average Bonchev–Trinajstić information content (AvgIpc) is 2.78. The van der Waals surface area contributed by atoms with Gasteiger partial charge in [-0.3, -0.25) is 14.6 Å². The Kier molecular flexibility index (Phi) is 7.16. The van der Waals surface area contributed by atoms with Gasteiger partial charge in [-0.05, 0) is 49.2 Å². The number of carbonyl (C=O) groups excluding carboxylic acids is 2. The highest BCUT2D eigenvalue weighted by Gasteiger charge is 2.21. The molecule has 2 aromatic carbocycles. The second-order valence-corrected chi connectivity index (χ2v) is 6.91. The van der Waals surface area contributed by atoms with Crippen molar-refractivity contribution in [2.75, 3.05) is 5.32 Å². The molecule has 0 aliphatic carbocycles. The first-order chi connectivity index (χ1) is 14.6. The van der Waals surface area contributed by atoms with Gasteiger partial charge < -0.3 is 15.4 Å². The number of pyridine rings is 1. The quantitative estimate of drug-likeness (QED) is 0.593. The van der Waals surface area contributed by atoms with Crippen LogP contribution in [0, 0.1) is 6.92 Å². The standard InChI is InChI=1S/C24H25N3O3/c1-3-22(30-19-12-10-17(2)11-13-19)24(29)27-21-9-5-4-8-20(21)23(28)26-16-18-7-6-14-25-15-18/h4-15,22H,3,16H2,1-2H3,(H,26,28)(H,27,29)/t22-/m1/s1. The second-order valence-electron chi connectivity index (χ2n) is 6.91. The minimum atomic E-state index is -0.667. The van der Waals surface area contributed by atoms with Gasteiger partial charge in [0.15, 0.2) is 6.10 Å². The molecular formula is C24H25N3O3. The van der Waals surface area contributed by atoms with E-state index >= 15 is 0 Å². The van der Waals surface area contributed by atoms with Crippen LogP contribution in [0.1, 0.15) is 34.8 Å². The number of hydrogen-bond donors (Lipinski definition) is 2. The Labute approximate surface area is 176 Å². The molecule has 0 aliphatic rings. The summed E-state index contributed by atoms with van der Waals surface area (Å²) in [6, 6.07) is 18.2. The van der Waals surface area contributed by atoms with Crippen LogP contribution < -0.4 is 15.4 Å². The molecule has 0 fully saturated rings. The summed E-state index contributed by atoms with van der Waals surface area (Å²) in [6.07, 6.45) is 3.20. The predicted octanol–water partition coefficient (Wildman–Crippen LogP) is 4.12. The number of nitrogens with zero attached hydrogens (tertiary/aromatic N) is 1. The molecule has 3 aromatic rings. The van der Waals surface area contributed by atoms with Crippen LogP contribution >= 0.6 is 0 Å². The smallest absolute Gasteiger partial charge is 0.265 e. The summed E-state index contributed by atoms with van der Waals surface area (Å²) in [6.45, 7) is 4.22. The van der Waals surface area contributed by atoms with Crippen molar-refractivity contribution in [2.45, 2.75) is 32.9 Å². The molecule has 1 aromatic heterocycles. The maximum absolute atomic E-state index is 12.8. The summed E-state index contributed by atoms with van der Waals surface area (Å²) in [5, 5.41) is 5.69. The molecule has 0 aliphatic heterocycles. The van der Waals surface area contributed by atoms with Gasteiger partial charge in [-0.15, -0.1) is 0 Å². The summed E-state index contributed by atoms with van der Waals surface area (Å²) in [5.41, 5.74) is 2.84. The lowest BCUT2D eigenvalue weighted by atomic mass is 10.1. The molecule has 6 heteroatoms. The number of nitrogens with one attached hydrogen (secondary N) is 2. The number of anilines is 1. The lowest BCUT2D eigenvalue weighted by Crippen LogP contribution is -2.33. The Morgan fingerprint density at radius 1 is 1.03 bits per heavy atom. The number of para-hydroxylation sites is 1. The van der Waals surface area contributed by atoms with Crippen LogP contribution in [0.4, 0.5) is 5.69 Å². The molecule has 30 heavy (non-hydrogen) atoms. The Bertz CT molecular complexity index is 988. The van der Waals surface area contributed by atoms with Crippen LogP contribution in [0.2, 0.25) is 0 Å². The van der Waals surface area contributed by atoms with E-state index < -0.39 is 6.10 Å². The number of amides is 2. The molecule has 0 unspecified atom stereocenters. The van der Waals surface area contributed by atoms with E-state index in [1.54, 1.807) is 36.7 Å². The van der Waals surface area contributed by atoms with Gasteiger partial charge in [0.2, 0.25) is 0 Å². The zero-order valence-corrected chi connectivity index (χ0v) is 17.1. The minimum absolute atomic E-state index is 0.276. The Balaban J connectivity index is 1.67. The van der Waals surface area contributed by atoms with Crippen molar-refractivity contribution < 1.29 is 14.3 Å². The van der Waals surface area contributed by atoms with Crippen LogP contribution in [-0.2, 0) is 11.3 Å². The summed E-state index contributed by atoms with van der Waals surface area (Å²) in [7, 11) is 0. The summed E-state index contributed by atoms with van der Waals surface area (Å²) >= 11 is 0. The van der Waals surface area contributed by atoms with Gasteiger partial charge in [0, 0.05) is 18.9 Å². The Morgan fingerprint density at radius 3 is 2.50 bits per heavy atom. The Morgan fingerprint density at radius 2 is 1.80 bits per heavy atom. The lowest BCUT2D eigenvalue weighted by Gasteiger charge is -2.18.